The van der Waals surface area contributed by atoms with E-state index in [4.69, 9.17) is 15.2 Å². The highest BCUT2D eigenvalue weighted by atomic mass is 16.5. The molecule has 0 bridgehead atoms. The molecule has 0 aromatic carbocycles. The first kappa shape index (κ1) is 12.3. The Labute approximate surface area is 98.1 Å². The van der Waals surface area contributed by atoms with Crippen LogP contribution in [-0.2, 0) is 9.47 Å². The molecule has 3 unspecified atom stereocenters. The van der Waals surface area contributed by atoms with Crippen LogP contribution in [0.15, 0.2) is 0 Å². The van der Waals surface area contributed by atoms with Gasteiger partial charge >= 0.3 is 0 Å². The van der Waals surface area contributed by atoms with Crippen molar-refractivity contribution in [2.75, 3.05) is 40.0 Å². The van der Waals surface area contributed by atoms with E-state index in [1.54, 1.807) is 0 Å². The molecule has 2 heterocycles. The number of nitrogens with two attached hydrogens (primary N) is 1. The van der Waals surface area contributed by atoms with Gasteiger partial charge in [0.05, 0.1) is 12.7 Å². The van der Waals surface area contributed by atoms with Crippen LogP contribution in [0.2, 0.25) is 0 Å². The fourth-order valence-corrected chi connectivity index (χ4v) is 2.61. The number of hydrogen-bond donors (Lipinski definition) is 1. The van der Waals surface area contributed by atoms with Crippen molar-refractivity contribution in [3.8, 4) is 0 Å². The monoisotopic (exact) mass is 228 g/mol. The number of nitrogens with zero attached hydrogens (tertiary/aromatic N) is 1. The van der Waals surface area contributed by atoms with E-state index in [0.29, 0.717) is 12.0 Å². The average Bonchev–Trinajstić information content (AvgIpc) is 2.88. The summed E-state index contributed by atoms with van der Waals surface area (Å²) in [5.41, 5.74) is 6.19. The maximum Gasteiger partial charge on any atom is 0.0702 e. The molecule has 2 saturated heterocycles. The lowest BCUT2D eigenvalue weighted by Gasteiger charge is -2.26. The summed E-state index contributed by atoms with van der Waals surface area (Å²) in [6.07, 6.45) is 3.96. The summed E-state index contributed by atoms with van der Waals surface area (Å²) in [6.45, 7) is 4.62. The van der Waals surface area contributed by atoms with Gasteiger partial charge in [0.25, 0.3) is 0 Å². The van der Waals surface area contributed by atoms with Crippen LogP contribution in [-0.4, -0.2) is 57.0 Å². The normalized spacial score (nSPS) is 32.4. The summed E-state index contributed by atoms with van der Waals surface area (Å²) in [5, 5.41) is 0. The molecule has 2 aliphatic rings. The molecule has 16 heavy (non-hydrogen) atoms. The second-order valence-corrected chi connectivity index (χ2v) is 5.14. The van der Waals surface area contributed by atoms with Crippen LogP contribution in [0, 0.1) is 5.92 Å². The fourth-order valence-electron chi connectivity index (χ4n) is 2.61. The van der Waals surface area contributed by atoms with Gasteiger partial charge < -0.3 is 20.1 Å². The van der Waals surface area contributed by atoms with Gasteiger partial charge in [-0.2, -0.15) is 0 Å². The minimum atomic E-state index is 0.244. The van der Waals surface area contributed by atoms with Gasteiger partial charge in [-0.25, -0.2) is 0 Å². The SMILES string of the molecule is CN(CC1CCCO1)CC(N)C1CCOC1. The van der Waals surface area contributed by atoms with Gasteiger partial charge in [0.1, 0.15) is 0 Å². The maximum absolute atomic E-state index is 6.19. The van der Waals surface area contributed by atoms with Crippen molar-refractivity contribution in [3.63, 3.8) is 0 Å². The van der Waals surface area contributed by atoms with E-state index in [1.807, 2.05) is 0 Å². The van der Waals surface area contributed by atoms with Gasteiger partial charge in [-0.05, 0) is 26.3 Å². The molecule has 4 nitrogen and oxygen atoms in total. The first-order valence-corrected chi connectivity index (χ1v) is 6.39. The van der Waals surface area contributed by atoms with Crippen LogP contribution >= 0.6 is 0 Å². The number of rotatable bonds is 5. The topological polar surface area (TPSA) is 47.7 Å². The Morgan fingerprint density at radius 1 is 1.38 bits per heavy atom. The van der Waals surface area contributed by atoms with Crippen LogP contribution in [0.5, 0.6) is 0 Å². The lowest BCUT2D eigenvalue weighted by atomic mass is 9.99. The third kappa shape index (κ3) is 3.42. The van der Waals surface area contributed by atoms with Gasteiger partial charge in [-0.3, -0.25) is 0 Å². The Morgan fingerprint density at radius 3 is 2.88 bits per heavy atom. The molecule has 4 heteroatoms. The van der Waals surface area contributed by atoms with E-state index in [0.717, 1.165) is 39.3 Å². The molecule has 0 saturated carbocycles. The summed E-state index contributed by atoms with van der Waals surface area (Å²) in [7, 11) is 2.14. The Hall–Kier alpha value is -0.160. The largest absolute Gasteiger partial charge is 0.381 e. The molecule has 2 aliphatic heterocycles. The second kappa shape index (κ2) is 5.96. The molecule has 0 spiro atoms. The molecule has 2 rings (SSSR count). The highest BCUT2D eigenvalue weighted by Gasteiger charge is 2.25. The molecular formula is C12H24N2O2. The highest BCUT2D eigenvalue weighted by Crippen LogP contribution is 2.17. The Morgan fingerprint density at radius 2 is 2.25 bits per heavy atom. The minimum absolute atomic E-state index is 0.244. The fraction of sp³-hybridized carbons (Fsp3) is 1.00. The molecule has 94 valence electrons. The lowest BCUT2D eigenvalue weighted by molar-refractivity contribution is 0.0771. The van der Waals surface area contributed by atoms with E-state index >= 15 is 0 Å². The van der Waals surface area contributed by atoms with Gasteiger partial charge in [0.2, 0.25) is 0 Å². The molecule has 2 fully saturated rings. The first-order chi connectivity index (χ1) is 7.75. The zero-order valence-corrected chi connectivity index (χ0v) is 10.2. The number of ether oxygens (including phenoxy) is 2. The van der Waals surface area contributed by atoms with Crippen LogP contribution in [0.1, 0.15) is 19.3 Å². The van der Waals surface area contributed by atoms with E-state index in [-0.39, 0.29) is 6.04 Å². The van der Waals surface area contributed by atoms with Crippen molar-refractivity contribution >= 4 is 0 Å². The molecule has 3 atom stereocenters. The van der Waals surface area contributed by atoms with Gasteiger partial charge in [-0.1, -0.05) is 0 Å². The zero-order valence-electron chi connectivity index (χ0n) is 10.2. The predicted octanol–water partition coefficient (Wildman–Crippen LogP) is 0.461. The quantitative estimate of drug-likeness (QED) is 0.743. The molecule has 2 N–H and O–H groups in total. The van der Waals surface area contributed by atoms with Crippen molar-refractivity contribution in [1.29, 1.82) is 0 Å². The van der Waals surface area contributed by atoms with Crippen LogP contribution in [0.4, 0.5) is 0 Å². The smallest absolute Gasteiger partial charge is 0.0702 e. The van der Waals surface area contributed by atoms with Crippen LogP contribution < -0.4 is 5.73 Å². The number of likely N-dealkylation sites (N-methyl/N-ethyl adjacent to an activating group) is 1. The summed E-state index contributed by atoms with van der Waals surface area (Å²) in [5.74, 6) is 0.548. The molecule has 0 aliphatic carbocycles. The summed E-state index contributed by atoms with van der Waals surface area (Å²) >= 11 is 0. The molecule has 0 amide bonds. The van der Waals surface area contributed by atoms with Gasteiger partial charge in [0.15, 0.2) is 0 Å². The average molecular weight is 228 g/mol. The van der Waals surface area contributed by atoms with Crippen LogP contribution in [0.3, 0.4) is 0 Å². The second-order valence-electron chi connectivity index (χ2n) is 5.14. The molecular weight excluding hydrogens is 204 g/mol. The number of hydrogen-bond acceptors (Lipinski definition) is 4. The van der Waals surface area contributed by atoms with Crippen molar-refractivity contribution in [1.82, 2.24) is 4.90 Å². The van der Waals surface area contributed by atoms with E-state index in [9.17, 15) is 0 Å². The van der Waals surface area contributed by atoms with E-state index < -0.39 is 0 Å². The summed E-state index contributed by atoms with van der Waals surface area (Å²) in [4.78, 5) is 2.30. The summed E-state index contributed by atoms with van der Waals surface area (Å²) in [6, 6.07) is 0.244. The minimum Gasteiger partial charge on any atom is -0.381 e. The van der Waals surface area contributed by atoms with Crippen molar-refractivity contribution < 1.29 is 9.47 Å². The Kier molecular flexibility index (Phi) is 4.58. The van der Waals surface area contributed by atoms with E-state index in [1.165, 1.54) is 12.8 Å². The molecule has 0 aromatic heterocycles. The lowest BCUT2D eigenvalue weighted by Crippen LogP contribution is -2.43. The first-order valence-electron chi connectivity index (χ1n) is 6.39. The third-order valence-corrected chi connectivity index (χ3v) is 3.63. The van der Waals surface area contributed by atoms with Gasteiger partial charge in [0, 0.05) is 38.3 Å². The van der Waals surface area contributed by atoms with E-state index in [2.05, 4.69) is 11.9 Å². The summed E-state index contributed by atoms with van der Waals surface area (Å²) < 4.78 is 11.0. The predicted molar refractivity (Wildman–Crippen MR) is 63.4 cm³/mol. The Balaban J connectivity index is 1.66. The third-order valence-electron chi connectivity index (χ3n) is 3.63. The highest BCUT2D eigenvalue weighted by molar-refractivity contribution is 4.80. The maximum atomic E-state index is 6.19. The standard InChI is InChI=1S/C12H24N2O2/c1-14(7-11-3-2-5-16-11)8-12(13)10-4-6-15-9-10/h10-12H,2-9,13H2,1H3. The molecule has 0 aromatic rings. The van der Waals surface area contributed by atoms with Crippen molar-refractivity contribution in [2.24, 2.45) is 11.7 Å². The Bertz CT molecular complexity index is 201. The van der Waals surface area contributed by atoms with Crippen LogP contribution in [0.25, 0.3) is 0 Å². The van der Waals surface area contributed by atoms with Crippen molar-refractivity contribution in [2.45, 2.75) is 31.4 Å². The van der Waals surface area contributed by atoms with Gasteiger partial charge in [-0.15, -0.1) is 0 Å². The molecule has 0 radical (unpaired) electrons. The van der Waals surface area contributed by atoms with Crippen molar-refractivity contribution in [3.05, 3.63) is 0 Å². The zero-order chi connectivity index (χ0) is 11.4.